The Morgan fingerprint density at radius 3 is 2.77 bits per heavy atom. The van der Waals surface area contributed by atoms with Crippen molar-refractivity contribution in [3.8, 4) is 0 Å². The lowest BCUT2D eigenvalue weighted by Gasteiger charge is -1.98. The number of nitrogens with zero attached hydrogens (tertiary/aromatic N) is 2. The lowest BCUT2D eigenvalue weighted by Crippen LogP contribution is -2.02. The standard InChI is InChI=1S/C7H10N6/c8-1-3-2-11-6-4(3)5(9)12-7(10)13-6/h2H,1,8H2,(H5,9,10,11,12,13). The number of hydrogen-bond donors (Lipinski definition) is 4. The second-order valence-corrected chi connectivity index (χ2v) is 2.71. The zero-order valence-corrected chi connectivity index (χ0v) is 6.91. The van der Waals surface area contributed by atoms with Gasteiger partial charge in [-0.25, -0.2) is 0 Å². The highest BCUT2D eigenvalue weighted by molar-refractivity contribution is 5.90. The molecule has 0 radical (unpaired) electrons. The molecule has 13 heavy (non-hydrogen) atoms. The summed E-state index contributed by atoms with van der Waals surface area (Å²) in [4.78, 5) is 10.8. The van der Waals surface area contributed by atoms with Gasteiger partial charge in [0, 0.05) is 12.7 Å². The van der Waals surface area contributed by atoms with Crippen molar-refractivity contribution in [1.82, 2.24) is 15.0 Å². The number of anilines is 2. The molecule has 0 fully saturated rings. The summed E-state index contributed by atoms with van der Waals surface area (Å²) >= 11 is 0. The molecule has 0 saturated carbocycles. The lowest BCUT2D eigenvalue weighted by molar-refractivity contribution is 1.08. The lowest BCUT2D eigenvalue weighted by atomic mass is 10.2. The molecule has 2 heterocycles. The van der Waals surface area contributed by atoms with E-state index in [0.717, 1.165) is 10.9 Å². The highest BCUT2D eigenvalue weighted by atomic mass is 15.1. The molecule has 0 saturated heterocycles. The van der Waals surface area contributed by atoms with Crippen LogP contribution in [-0.2, 0) is 6.54 Å². The molecule has 2 aromatic rings. The van der Waals surface area contributed by atoms with E-state index < -0.39 is 0 Å². The SMILES string of the molecule is NCc1c[nH]c2nc(N)nc(N)c12. The molecule has 2 aromatic heterocycles. The normalized spacial score (nSPS) is 10.8. The van der Waals surface area contributed by atoms with Crippen molar-refractivity contribution >= 4 is 22.8 Å². The molecule has 7 N–H and O–H groups in total. The molecule has 0 atom stereocenters. The fraction of sp³-hybridized carbons (Fsp3) is 0.143. The van der Waals surface area contributed by atoms with Crippen LogP contribution in [0.25, 0.3) is 11.0 Å². The summed E-state index contributed by atoms with van der Waals surface area (Å²) in [6.07, 6.45) is 1.76. The predicted octanol–water partition coefficient (Wildman–Crippen LogP) is -0.419. The number of nitrogen functional groups attached to an aromatic ring is 2. The van der Waals surface area contributed by atoms with Gasteiger partial charge < -0.3 is 22.2 Å². The minimum atomic E-state index is 0.162. The number of nitrogens with one attached hydrogen (secondary N) is 1. The third-order valence-electron chi connectivity index (χ3n) is 1.88. The maximum Gasteiger partial charge on any atom is 0.223 e. The van der Waals surface area contributed by atoms with E-state index in [0.29, 0.717) is 18.0 Å². The Balaban J connectivity index is 2.82. The van der Waals surface area contributed by atoms with Gasteiger partial charge in [-0.3, -0.25) is 0 Å². The van der Waals surface area contributed by atoms with Gasteiger partial charge in [0.1, 0.15) is 11.5 Å². The van der Waals surface area contributed by atoms with Gasteiger partial charge in [-0.05, 0) is 5.56 Å². The highest BCUT2D eigenvalue weighted by Gasteiger charge is 2.08. The topological polar surface area (TPSA) is 120 Å². The van der Waals surface area contributed by atoms with Crippen molar-refractivity contribution in [2.24, 2.45) is 5.73 Å². The largest absolute Gasteiger partial charge is 0.383 e. The Morgan fingerprint density at radius 2 is 2.08 bits per heavy atom. The van der Waals surface area contributed by atoms with Crippen LogP contribution in [0.4, 0.5) is 11.8 Å². The average Bonchev–Trinajstić information content (AvgIpc) is 2.47. The van der Waals surface area contributed by atoms with Gasteiger partial charge in [-0.15, -0.1) is 0 Å². The summed E-state index contributed by atoms with van der Waals surface area (Å²) in [5, 5.41) is 0.761. The minimum absolute atomic E-state index is 0.162. The zero-order chi connectivity index (χ0) is 9.42. The third kappa shape index (κ3) is 1.07. The second-order valence-electron chi connectivity index (χ2n) is 2.71. The minimum Gasteiger partial charge on any atom is -0.383 e. The van der Waals surface area contributed by atoms with E-state index in [-0.39, 0.29) is 5.95 Å². The first kappa shape index (κ1) is 7.81. The third-order valence-corrected chi connectivity index (χ3v) is 1.88. The maximum atomic E-state index is 5.67. The van der Waals surface area contributed by atoms with Crippen LogP contribution in [0.3, 0.4) is 0 Å². The molecule has 0 aliphatic rings. The van der Waals surface area contributed by atoms with E-state index in [9.17, 15) is 0 Å². The van der Waals surface area contributed by atoms with Gasteiger partial charge in [0.2, 0.25) is 5.95 Å². The van der Waals surface area contributed by atoms with Gasteiger partial charge in [-0.1, -0.05) is 0 Å². The number of rotatable bonds is 1. The average molecular weight is 178 g/mol. The smallest absolute Gasteiger partial charge is 0.223 e. The van der Waals surface area contributed by atoms with Crippen LogP contribution < -0.4 is 17.2 Å². The molecule has 0 unspecified atom stereocenters. The maximum absolute atomic E-state index is 5.67. The van der Waals surface area contributed by atoms with Crippen LogP contribution in [0.1, 0.15) is 5.56 Å². The number of fused-ring (bicyclic) bond motifs is 1. The molecular formula is C7H10N6. The first-order chi connectivity index (χ1) is 6.22. The predicted molar refractivity (Wildman–Crippen MR) is 50.6 cm³/mol. The molecule has 0 amide bonds. The fourth-order valence-electron chi connectivity index (χ4n) is 1.31. The summed E-state index contributed by atoms with van der Waals surface area (Å²) in [7, 11) is 0. The molecule has 6 heteroatoms. The van der Waals surface area contributed by atoms with Crippen LogP contribution in [0.5, 0.6) is 0 Å². The molecule has 0 aliphatic carbocycles. The van der Waals surface area contributed by atoms with Crippen molar-refractivity contribution in [3.05, 3.63) is 11.8 Å². The van der Waals surface area contributed by atoms with Crippen molar-refractivity contribution in [3.63, 3.8) is 0 Å². The Labute approximate surface area is 74.1 Å². The van der Waals surface area contributed by atoms with Gasteiger partial charge in [0.25, 0.3) is 0 Å². The molecule has 0 aliphatic heterocycles. The Bertz CT molecular complexity index is 445. The van der Waals surface area contributed by atoms with Gasteiger partial charge in [0.15, 0.2) is 0 Å². The van der Waals surface area contributed by atoms with Crippen LogP contribution in [0, 0.1) is 0 Å². The van der Waals surface area contributed by atoms with Gasteiger partial charge in [-0.2, -0.15) is 9.97 Å². The number of nitrogens with two attached hydrogens (primary N) is 3. The van der Waals surface area contributed by atoms with E-state index in [1.807, 2.05) is 0 Å². The van der Waals surface area contributed by atoms with Crippen molar-refractivity contribution in [2.45, 2.75) is 6.54 Å². The van der Waals surface area contributed by atoms with E-state index in [1.165, 1.54) is 0 Å². The van der Waals surface area contributed by atoms with Crippen LogP contribution in [-0.4, -0.2) is 15.0 Å². The van der Waals surface area contributed by atoms with Gasteiger partial charge >= 0.3 is 0 Å². The highest BCUT2D eigenvalue weighted by Crippen LogP contribution is 2.21. The Morgan fingerprint density at radius 1 is 1.31 bits per heavy atom. The van der Waals surface area contributed by atoms with E-state index in [4.69, 9.17) is 17.2 Å². The monoisotopic (exact) mass is 178 g/mol. The van der Waals surface area contributed by atoms with Crippen LogP contribution in [0.15, 0.2) is 6.20 Å². The molecule has 2 rings (SSSR count). The summed E-state index contributed by atoms with van der Waals surface area (Å²) < 4.78 is 0. The molecule has 0 bridgehead atoms. The first-order valence-corrected chi connectivity index (χ1v) is 3.81. The number of hydrogen-bond acceptors (Lipinski definition) is 5. The number of H-pyrrole nitrogens is 1. The quantitative estimate of drug-likeness (QED) is 0.472. The molecule has 6 nitrogen and oxygen atoms in total. The van der Waals surface area contributed by atoms with Crippen LogP contribution >= 0.6 is 0 Å². The molecule has 0 spiro atoms. The first-order valence-electron chi connectivity index (χ1n) is 3.81. The zero-order valence-electron chi connectivity index (χ0n) is 6.91. The van der Waals surface area contributed by atoms with Crippen molar-refractivity contribution in [2.75, 3.05) is 11.5 Å². The van der Waals surface area contributed by atoms with E-state index in [2.05, 4.69) is 15.0 Å². The van der Waals surface area contributed by atoms with E-state index >= 15 is 0 Å². The second kappa shape index (κ2) is 2.60. The summed E-state index contributed by atoms with van der Waals surface area (Å²) in [6.45, 7) is 0.400. The van der Waals surface area contributed by atoms with E-state index in [1.54, 1.807) is 6.20 Å². The summed E-state index contributed by atoms with van der Waals surface area (Å²) in [5.74, 6) is 0.527. The van der Waals surface area contributed by atoms with Gasteiger partial charge in [0.05, 0.1) is 5.39 Å². The summed E-state index contributed by atoms with van der Waals surface area (Å²) in [6, 6.07) is 0. The molecular weight excluding hydrogens is 168 g/mol. The Hall–Kier alpha value is -1.82. The summed E-state index contributed by atoms with van der Waals surface area (Å²) in [5.41, 5.74) is 18.1. The number of aromatic amines is 1. The van der Waals surface area contributed by atoms with Crippen LogP contribution in [0.2, 0.25) is 0 Å². The Kier molecular flexibility index (Phi) is 1.56. The van der Waals surface area contributed by atoms with Crippen molar-refractivity contribution in [1.29, 1.82) is 0 Å². The number of aromatic nitrogens is 3. The molecule has 0 aromatic carbocycles. The fourth-order valence-corrected chi connectivity index (χ4v) is 1.31. The molecule has 68 valence electrons. The van der Waals surface area contributed by atoms with Crippen molar-refractivity contribution < 1.29 is 0 Å².